The maximum Gasteiger partial charge on any atom is 0.220 e. The Morgan fingerprint density at radius 1 is 1.35 bits per heavy atom. The number of carbonyl (C=O) groups excluding carboxylic acids is 1. The highest BCUT2D eigenvalue weighted by Crippen LogP contribution is 2.26. The Balaban J connectivity index is 1.77. The predicted octanol–water partition coefficient (Wildman–Crippen LogP) is 3.44. The van der Waals surface area contributed by atoms with Crippen molar-refractivity contribution in [2.45, 2.75) is 70.9 Å². The summed E-state index contributed by atoms with van der Waals surface area (Å²) in [6, 6.07) is 0.312. The summed E-state index contributed by atoms with van der Waals surface area (Å²) in [7, 11) is 0. The SMILES string of the molecule is CCC(CC)C1CC(NC(=O)CC2C=CCC2)CCO1. The van der Waals surface area contributed by atoms with Gasteiger partial charge in [-0.25, -0.2) is 0 Å². The van der Waals surface area contributed by atoms with Crippen LogP contribution in [0.15, 0.2) is 12.2 Å². The van der Waals surface area contributed by atoms with Gasteiger partial charge in [-0.3, -0.25) is 4.79 Å². The minimum Gasteiger partial charge on any atom is -0.378 e. The molecule has 114 valence electrons. The van der Waals surface area contributed by atoms with Gasteiger partial charge in [0.05, 0.1) is 6.10 Å². The van der Waals surface area contributed by atoms with E-state index in [-0.39, 0.29) is 5.91 Å². The summed E-state index contributed by atoms with van der Waals surface area (Å²) in [5, 5.41) is 3.23. The number of carbonyl (C=O) groups is 1. The molecule has 1 aliphatic carbocycles. The monoisotopic (exact) mass is 279 g/mol. The molecule has 0 spiro atoms. The molecule has 1 saturated heterocycles. The fourth-order valence-corrected chi connectivity index (χ4v) is 3.49. The van der Waals surface area contributed by atoms with E-state index in [9.17, 15) is 4.79 Å². The molecule has 3 unspecified atom stereocenters. The van der Waals surface area contributed by atoms with Crippen LogP contribution in [0.3, 0.4) is 0 Å². The van der Waals surface area contributed by atoms with Crippen LogP contribution in [-0.4, -0.2) is 24.7 Å². The van der Waals surface area contributed by atoms with E-state index in [2.05, 4.69) is 31.3 Å². The highest BCUT2D eigenvalue weighted by molar-refractivity contribution is 5.76. The summed E-state index contributed by atoms with van der Waals surface area (Å²) in [4.78, 5) is 12.1. The summed E-state index contributed by atoms with van der Waals surface area (Å²) in [6.07, 6.45) is 11.9. The van der Waals surface area contributed by atoms with Crippen molar-refractivity contribution in [3.05, 3.63) is 12.2 Å². The Morgan fingerprint density at radius 2 is 2.15 bits per heavy atom. The molecule has 3 nitrogen and oxygen atoms in total. The minimum absolute atomic E-state index is 0.219. The fraction of sp³-hybridized carbons (Fsp3) is 0.824. The van der Waals surface area contributed by atoms with Gasteiger partial charge in [0.25, 0.3) is 0 Å². The van der Waals surface area contributed by atoms with Gasteiger partial charge in [-0.15, -0.1) is 0 Å². The molecule has 0 saturated carbocycles. The Labute approximate surface area is 123 Å². The van der Waals surface area contributed by atoms with Gasteiger partial charge < -0.3 is 10.1 Å². The summed E-state index contributed by atoms with van der Waals surface area (Å²) in [5.74, 6) is 1.31. The summed E-state index contributed by atoms with van der Waals surface area (Å²) in [6.45, 7) is 5.24. The van der Waals surface area contributed by atoms with Gasteiger partial charge in [0.2, 0.25) is 5.91 Å². The minimum atomic E-state index is 0.219. The average molecular weight is 279 g/mol. The van der Waals surface area contributed by atoms with Gasteiger partial charge >= 0.3 is 0 Å². The predicted molar refractivity (Wildman–Crippen MR) is 81.5 cm³/mol. The van der Waals surface area contributed by atoms with Gasteiger partial charge in [-0.05, 0) is 37.5 Å². The van der Waals surface area contributed by atoms with Crippen molar-refractivity contribution in [1.29, 1.82) is 0 Å². The zero-order valence-electron chi connectivity index (χ0n) is 12.9. The van der Waals surface area contributed by atoms with E-state index in [4.69, 9.17) is 4.74 Å². The van der Waals surface area contributed by atoms with Gasteiger partial charge in [-0.1, -0.05) is 38.8 Å². The molecule has 1 amide bonds. The molecule has 3 atom stereocenters. The van der Waals surface area contributed by atoms with Gasteiger partial charge in [0.15, 0.2) is 0 Å². The topological polar surface area (TPSA) is 38.3 Å². The first-order valence-corrected chi connectivity index (χ1v) is 8.30. The number of amides is 1. The molecule has 3 heteroatoms. The Hall–Kier alpha value is -0.830. The van der Waals surface area contributed by atoms with E-state index in [1.165, 1.54) is 0 Å². The molecule has 0 radical (unpaired) electrons. The lowest BCUT2D eigenvalue weighted by Gasteiger charge is -2.34. The van der Waals surface area contributed by atoms with Crippen molar-refractivity contribution < 1.29 is 9.53 Å². The second-order valence-electron chi connectivity index (χ2n) is 6.24. The quantitative estimate of drug-likeness (QED) is 0.756. The molecule has 0 bridgehead atoms. The van der Waals surface area contributed by atoms with Crippen LogP contribution in [0.5, 0.6) is 0 Å². The van der Waals surface area contributed by atoms with Crippen LogP contribution in [0.25, 0.3) is 0 Å². The van der Waals surface area contributed by atoms with Crippen LogP contribution < -0.4 is 5.32 Å². The lowest BCUT2D eigenvalue weighted by Crippen LogP contribution is -2.44. The van der Waals surface area contributed by atoms with Crippen LogP contribution >= 0.6 is 0 Å². The van der Waals surface area contributed by atoms with E-state index < -0.39 is 0 Å². The maximum atomic E-state index is 12.1. The average Bonchev–Trinajstić information content (AvgIpc) is 2.93. The van der Waals surface area contributed by atoms with E-state index >= 15 is 0 Å². The zero-order valence-corrected chi connectivity index (χ0v) is 12.9. The third-order valence-corrected chi connectivity index (χ3v) is 4.81. The molecule has 0 aromatic rings. The normalized spacial score (nSPS) is 29.9. The van der Waals surface area contributed by atoms with Crippen molar-refractivity contribution in [2.24, 2.45) is 11.8 Å². The molecule has 1 N–H and O–H groups in total. The van der Waals surface area contributed by atoms with Gasteiger partial charge in [0.1, 0.15) is 0 Å². The Morgan fingerprint density at radius 3 is 2.80 bits per heavy atom. The second kappa shape index (κ2) is 7.82. The zero-order chi connectivity index (χ0) is 14.4. The largest absolute Gasteiger partial charge is 0.378 e. The number of hydrogen-bond donors (Lipinski definition) is 1. The number of hydrogen-bond acceptors (Lipinski definition) is 2. The highest BCUT2D eigenvalue weighted by atomic mass is 16.5. The third kappa shape index (κ3) is 4.34. The number of allylic oxidation sites excluding steroid dienone is 2. The van der Waals surface area contributed by atoms with Crippen molar-refractivity contribution >= 4 is 5.91 Å². The molecule has 1 heterocycles. The van der Waals surface area contributed by atoms with Gasteiger partial charge in [0, 0.05) is 19.1 Å². The maximum absolute atomic E-state index is 12.1. The van der Waals surface area contributed by atoms with Crippen LogP contribution in [0.2, 0.25) is 0 Å². The first-order chi connectivity index (χ1) is 9.72. The van der Waals surface area contributed by atoms with E-state index in [0.717, 1.165) is 45.1 Å². The highest BCUT2D eigenvalue weighted by Gasteiger charge is 2.28. The first kappa shape index (κ1) is 15.6. The van der Waals surface area contributed by atoms with Crippen LogP contribution in [0, 0.1) is 11.8 Å². The van der Waals surface area contributed by atoms with Crippen molar-refractivity contribution in [3.63, 3.8) is 0 Å². The number of ether oxygens (including phenoxy) is 1. The van der Waals surface area contributed by atoms with E-state index in [0.29, 0.717) is 30.4 Å². The molecule has 1 aliphatic heterocycles. The van der Waals surface area contributed by atoms with Crippen molar-refractivity contribution in [1.82, 2.24) is 5.32 Å². The van der Waals surface area contributed by atoms with Crippen LogP contribution in [-0.2, 0) is 9.53 Å². The number of rotatable bonds is 6. The lowest BCUT2D eigenvalue weighted by atomic mass is 9.89. The molecule has 1 fully saturated rings. The molecule has 0 aromatic carbocycles. The molecule has 2 aliphatic rings. The lowest BCUT2D eigenvalue weighted by molar-refractivity contribution is -0.123. The molecule has 20 heavy (non-hydrogen) atoms. The molecular weight excluding hydrogens is 250 g/mol. The summed E-state index contributed by atoms with van der Waals surface area (Å²) < 4.78 is 5.90. The fourth-order valence-electron chi connectivity index (χ4n) is 3.49. The van der Waals surface area contributed by atoms with Crippen molar-refractivity contribution in [2.75, 3.05) is 6.61 Å². The first-order valence-electron chi connectivity index (χ1n) is 8.30. The van der Waals surface area contributed by atoms with Crippen LogP contribution in [0.1, 0.15) is 58.8 Å². The summed E-state index contributed by atoms with van der Waals surface area (Å²) in [5.41, 5.74) is 0. The van der Waals surface area contributed by atoms with Gasteiger partial charge in [-0.2, -0.15) is 0 Å². The second-order valence-corrected chi connectivity index (χ2v) is 6.24. The number of nitrogens with one attached hydrogen (secondary N) is 1. The van der Waals surface area contributed by atoms with Crippen molar-refractivity contribution in [3.8, 4) is 0 Å². The van der Waals surface area contributed by atoms with Crippen LogP contribution in [0.4, 0.5) is 0 Å². The standard InChI is InChI=1S/C17H29NO2/c1-3-14(4-2)16-12-15(9-10-20-16)18-17(19)11-13-7-5-6-8-13/h5,7,13-16H,3-4,6,8-12H2,1-2H3,(H,18,19). The Kier molecular flexibility index (Phi) is 6.08. The van der Waals surface area contributed by atoms with E-state index in [1.807, 2.05) is 0 Å². The molecule has 2 rings (SSSR count). The van der Waals surface area contributed by atoms with E-state index in [1.54, 1.807) is 0 Å². The molecular formula is C17H29NO2. The summed E-state index contributed by atoms with van der Waals surface area (Å²) >= 11 is 0. The smallest absolute Gasteiger partial charge is 0.220 e. The third-order valence-electron chi connectivity index (χ3n) is 4.81. The Bertz CT molecular complexity index is 336. The molecule has 0 aromatic heterocycles.